The van der Waals surface area contributed by atoms with Crippen molar-refractivity contribution >= 4 is 12.0 Å². The molecule has 1 atom stereocenters. The molecule has 0 heterocycles. The van der Waals surface area contributed by atoms with Gasteiger partial charge in [-0.15, -0.1) is 6.42 Å². The highest BCUT2D eigenvalue weighted by atomic mass is 16.4. The molecule has 0 aliphatic carbocycles. The molecule has 3 N–H and O–H groups in total. The number of hydrogen-bond donors (Lipinski definition) is 3. The molecule has 0 saturated carbocycles. The molecule has 0 fully saturated rings. The summed E-state index contributed by atoms with van der Waals surface area (Å²) in [7, 11) is 0. The van der Waals surface area contributed by atoms with Gasteiger partial charge < -0.3 is 15.7 Å². The Morgan fingerprint density at radius 2 is 2.00 bits per heavy atom. The number of rotatable bonds is 5. The van der Waals surface area contributed by atoms with Crippen molar-refractivity contribution in [1.29, 1.82) is 0 Å². The molecule has 0 aromatic carbocycles. The van der Waals surface area contributed by atoms with E-state index in [1.807, 2.05) is 20.8 Å². The zero-order valence-corrected chi connectivity index (χ0v) is 10.5. The molecular formula is C12H20N2O3. The lowest BCUT2D eigenvalue weighted by atomic mass is 9.87. The third-order valence-electron chi connectivity index (χ3n) is 1.97. The maximum Gasteiger partial charge on any atom is 0.315 e. The molecule has 0 aliphatic rings. The fourth-order valence-electron chi connectivity index (χ4n) is 1.49. The van der Waals surface area contributed by atoms with Crippen molar-refractivity contribution < 1.29 is 14.7 Å². The van der Waals surface area contributed by atoms with Crippen LogP contribution >= 0.6 is 0 Å². The van der Waals surface area contributed by atoms with Crippen molar-refractivity contribution in [2.45, 2.75) is 39.7 Å². The molecule has 17 heavy (non-hydrogen) atoms. The first-order valence-corrected chi connectivity index (χ1v) is 5.44. The van der Waals surface area contributed by atoms with E-state index >= 15 is 0 Å². The van der Waals surface area contributed by atoms with Crippen molar-refractivity contribution in [3.63, 3.8) is 0 Å². The fourth-order valence-corrected chi connectivity index (χ4v) is 1.49. The van der Waals surface area contributed by atoms with E-state index in [-0.39, 0.29) is 18.4 Å². The standard InChI is InChI=1S/C12H20N2O3/c1-5-6-13-11(17)14-9(7-10(15)16)8-12(2,3)4/h1,9H,6-8H2,2-4H3,(H,15,16)(H2,13,14,17). The van der Waals surface area contributed by atoms with Gasteiger partial charge in [0.1, 0.15) is 0 Å². The Kier molecular flexibility index (Phi) is 6.11. The topological polar surface area (TPSA) is 78.4 Å². The van der Waals surface area contributed by atoms with Crippen LogP contribution in [0.1, 0.15) is 33.6 Å². The lowest BCUT2D eigenvalue weighted by Crippen LogP contribution is -2.44. The molecule has 0 saturated heterocycles. The maximum atomic E-state index is 11.4. The predicted molar refractivity (Wildman–Crippen MR) is 65.5 cm³/mol. The highest BCUT2D eigenvalue weighted by Gasteiger charge is 2.22. The van der Waals surface area contributed by atoms with Crippen LogP contribution in [0.15, 0.2) is 0 Å². The van der Waals surface area contributed by atoms with Gasteiger partial charge in [-0.2, -0.15) is 0 Å². The third kappa shape index (κ3) is 9.24. The van der Waals surface area contributed by atoms with Crippen LogP contribution < -0.4 is 10.6 Å². The highest BCUT2D eigenvalue weighted by Crippen LogP contribution is 2.22. The number of amides is 2. The average Bonchev–Trinajstić information content (AvgIpc) is 2.10. The molecule has 0 bridgehead atoms. The van der Waals surface area contributed by atoms with E-state index in [9.17, 15) is 9.59 Å². The van der Waals surface area contributed by atoms with Crippen molar-refractivity contribution in [1.82, 2.24) is 10.6 Å². The molecule has 0 aromatic heterocycles. The summed E-state index contributed by atoms with van der Waals surface area (Å²) in [4.78, 5) is 22.1. The summed E-state index contributed by atoms with van der Waals surface area (Å²) in [6.45, 7) is 6.09. The lowest BCUT2D eigenvalue weighted by molar-refractivity contribution is -0.137. The highest BCUT2D eigenvalue weighted by molar-refractivity contribution is 5.75. The molecule has 0 aromatic rings. The Labute approximate surface area is 102 Å². The minimum atomic E-state index is -0.934. The fraction of sp³-hybridized carbons (Fsp3) is 0.667. The van der Waals surface area contributed by atoms with Gasteiger partial charge in [0.2, 0.25) is 0 Å². The van der Waals surface area contributed by atoms with Gasteiger partial charge in [0.25, 0.3) is 0 Å². The first kappa shape index (κ1) is 15.3. The van der Waals surface area contributed by atoms with Crippen molar-refractivity contribution in [3.8, 4) is 12.3 Å². The summed E-state index contributed by atoms with van der Waals surface area (Å²) in [6.07, 6.45) is 5.49. The molecule has 0 spiro atoms. The number of carbonyl (C=O) groups excluding carboxylic acids is 1. The number of hydrogen-bond acceptors (Lipinski definition) is 2. The van der Waals surface area contributed by atoms with Crippen LogP contribution in [0.2, 0.25) is 0 Å². The summed E-state index contributed by atoms with van der Waals surface area (Å²) in [6, 6.07) is -0.830. The van der Waals surface area contributed by atoms with Crippen LogP contribution in [0.5, 0.6) is 0 Å². The number of urea groups is 1. The average molecular weight is 240 g/mol. The second-order valence-corrected chi connectivity index (χ2v) is 5.09. The number of carboxylic acid groups (broad SMARTS) is 1. The second-order valence-electron chi connectivity index (χ2n) is 5.09. The van der Waals surface area contributed by atoms with E-state index in [0.717, 1.165) is 0 Å². The van der Waals surface area contributed by atoms with E-state index in [0.29, 0.717) is 6.42 Å². The summed E-state index contributed by atoms with van der Waals surface area (Å²) < 4.78 is 0. The molecule has 1 unspecified atom stereocenters. The molecule has 0 rings (SSSR count). The van der Waals surface area contributed by atoms with Gasteiger partial charge in [-0.05, 0) is 11.8 Å². The van der Waals surface area contributed by atoms with Gasteiger partial charge in [0.15, 0.2) is 0 Å². The Morgan fingerprint density at radius 3 is 2.41 bits per heavy atom. The van der Waals surface area contributed by atoms with Gasteiger partial charge in [-0.1, -0.05) is 26.7 Å². The Morgan fingerprint density at radius 1 is 1.41 bits per heavy atom. The van der Waals surface area contributed by atoms with Crippen LogP contribution in [0.25, 0.3) is 0 Å². The Bertz CT molecular complexity index is 313. The maximum absolute atomic E-state index is 11.4. The summed E-state index contributed by atoms with van der Waals surface area (Å²) >= 11 is 0. The molecule has 0 aliphatic heterocycles. The van der Waals surface area contributed by atoms with E-state index in [4.69, 9.17) is 11.5 Å². The van der Waals surface area contributed by atoms with Gasteiger partial charge in [-0.25, -0.2) is 4.79 Å². The second kappa shape index (κ2) is 6.79. The zero-order chi connectivity index (χ0) is 13.5. The predicted octanol–water partition coefficient (Wildman–Crippen LogP) is 1.20. The summed E-state index contributed by atoms with van der Waals surface area (Å²) in [5.41, 5.74) is -0.0560. The number of nitrogens with one attached hydrogen (secondary N) is 2. The van der Waals surface area contributed by atoms with Crippen molar-refractivity contribution in [3.05, 3.63) is 0 Å². The number of carboxylic acids is 1. The quantitative estimate of drug-likeness (QED) is 0.632. The first-order valence-electron chi connectivity index (χ1n) is 5.44. The smallest absolute Gasteiger partial charge is 0.315 e. The van der Waals surface area contributed by atoms with E-state index in [1.165, 1.54) is 0 Å². The van der Waals surface area contributed by atoms with E-state index in [2.05, 4.69) is 16.6 Å². The number of carbonyl (C=O) groups is 2. The monoisotopic (exact) mass is 240 g/mol. The summed E-state index contributed by atoms with van der Waals surface area (Å²) in [5.74, 6) is 1.34. The van der Waals surface area contributed by atoms with Crippen LogP contribution in [0.4, 0.5) is 4.79 Å². The molecule has 2 amide bonds. The van der Waals surface area contributed by atoms with Gasteiger partial charge in [0.05, 0.1) is 13.0 Å². The van der Waals surface area contributed by atoms with Gasteiger partial charge in [0, 0.05) is 6.04 Å². The molecule has 5 nitrogen and oxygen atoms in total. The van der Waals surface area contributed by atoms with Crippen LogP contribution in [0, 0.1) is 17.8 Å². The number of aliphatic carboxylic acids is 1. The molecule has 96 valence electrons. The minimum Gasteiger partial charge on any atom is -0.481 e. The minimum absolute atomic E-state index is 0.0560. The molecule has 0 radical (unpaired) electrons. The normalized spacial score (nSPS) is 12.4. The summed E-state index contributed by atoms with van der Waals surface area (Å²) in [5, 5.41) is 13.8. The SMILES string of the molecule is C#CCNC(=O)NC(CC(=O)O)CC(C)(C)C. The van der Waals surface area contributed by atoms with Gasteiger partial charge >= 0.3 is 12.0 Å². The largest absolute Gasteiger partial charge is 0.481 e. The lowest BCUT2D eigenvalue weighted by Gasteiger charge is -2.25. The molecular weight excluding hydrogens is 220 g/mol. The number of terminal acetylenes is 1. The van der Waals surface area contributed by atoms with E-state index in [1.54, 1.807) is 0 Å². The zero-order valence-electron chi connectivity index (χ0n) is 10.5. The molecule has 5 heteroatoms. The van der Waals surface area contributed by atoms with Crippen molar-refractivity contribution in [2.24, 2.45) is 5.41 Å². The third-order valence-corrected chi connectivity index (χ3v) is 1.97. The van der Waals surface area contributed by atoms with Crippen molar-refractivity contribution in [2.75, 3.05) is 6.54 Å². The van der Waals surface area contributed by atoms with Crippen LogP contribution in [0.3, 0.4) is 0 Å². The van der Waals surface area contributed by atoms with Crippen LogP contribution in [-0.4, -0.2) is 29.7 Å². The Hall–Kier alpha value is -1.70. The van der Waals surface area contributed by atoms with Gasteiger partial charge in [-0.3, -0.25) is 4.79 Å². The van der Waals surface area contributed by atoms with E-state index < -0.39 is 18.0 Å². The first-order chi connectivity index (χ1) is 7.74. The Balaban J connectivity index is 4.34. The van der Waals surface area contributed by atoms with Crippen LogP contribution in [-0.2, 0) is 4.79 Å².